The smallest absolute Gasteiger partial charge is 0.337 e. The molecular formula is C28H28N4O3. The van der Waals surface area contributed by atoms with Crippen LogP contribution in [0.4, 0.5) is 11.6 Å². The summed E-state index contributed by atoms with van der Waals surface area (Å²) in [5.41, 5.74) is 6.52. The number of hydrogen-bond donors (Lipinski definition) is 2. The molecule has 0 spiro atoms. The van der Waals surface area contributed by atoms with Gasteiger partial charge in [0, 0.05) is 31.4 Å². The molecule has 7 nitrogen and oxygen atoms in total. The van der Waals surface area contributed by atoms with Crippen molar-refractivity contribution in [2.45, 2.75) is 39.9 Å². The first-order chi connectivity index (χ1) is 16.7. The molecule has 0 saturated heterocycles. The number of carboxylic acid groups (broad SMARTS) is 1. The molecule has 1 aliphatic heterocycles. The molecule has 3 aromatic carbocycles. The Bertz CT molecular complexity index is 1510. The summed E-state index contributed by atoms with van der Waals surface area (Å²) in [4.78, 5) is 32.4. The van der Waals surface area contributed by atoms with E-state index in [4.69, 9.17) is 4.98 Å². The number of rotatable bonds is 5. The molecule has 4 aromatic rings. The lowest BCUT2D eigenvalue weighted by atomic mass is 10.00. The number of aryl methyl sites for hydroxylation is 2. The first-order valence-electron chi connectivity index (χ1n) is 11.7. The minimum atomic E-state index is -0.989. The van der Waals surface area contributed by atoms with Crippen LogP contribution in [0.3, 0.4) is 0 Å². The van der Waals surface area contributed by atoms with Gasteiger partial charge in [-0.3, -0.25) is 9.36 Å². The zero-order valence-corrected chi connectivity index (χ0v) is 20.3. The fourth-order valence-corrected chi connectivity index (χ4v) is 4.90. The molecule has 5 rings (SSSR count). The molecule has 35 heavy (non-hydrogen) atoms. The van der Waals surface area contributed by atoms with Gasteiger partial charge < -0.3 is 15.3 Å². The lowest BCUT2D eigenvalue weighted by Gasteiger charge is -2.23. The number of nitrogens with one attached hydrogen (secondary N) is 1. The quantitative estimate of drug-likeness (QED) is 0.431. The van der Waals surface area contributed by atoms with Crippen LogP contribution in [0.25, 0.3) is 10.9 Å². The molecule has 0 amide bonds. The van der Waals surface area contributed by atoms with Crippen LogP contribution in [0, 0.1) is 13.8 Å². The van der Waals surface area contributed by atoms with Crippen molar-refractivity contribution in [1.29, 1.82) is 0 Å². The number of aromatic nitrogens is 2. The van der Waals surface area contributed by atoms with Crippen LogP contribution in [-0.2, 0) is 20.1 Å². The van der Waals surface area contributed by atoms with Crippen molar-refractivity contribution in [3.63, 3.8) is 0 Å². The summed E-state index contributed by atoms with van der Waals surface area (Å²) in [6.07, 6.45) is 0. The highest BCUT2D eigenvalue weighted by Crippen LogP contribution is 2.31. The first-order valence-corrected chi connectivity index (χ1v) is 11.7. The maximum Gasteiger partial charge on any atom is 0.337 e. The Morgan fingerprint density at radius 2 is 1.71 bits per heavy atom. The van der Waals surface area contributed by atoms with Crippen molar-refractivity contribution in [2.75, 3.05) is 10.2 Å². The van der Waals surface area contributed by atoms with E-state index < -0.39 is 5.97 Å². The Morgan fingerprint density at radius 3 is 2.37 bits per heavy atom. The second-order valence-electron chi connectivity index (χ2n) is 9.37. The number of aromatic carboxylic acids is 1. The van der Waals surface area contributed by atoms with Crippen LogP contribution in [0.5, 0.6) is 0 Å². The van der Waals surface area contributed by atoms with Gasteiger partial charge in [-0.05, 0) is 61.2 Å². The highest BCUT2D eigenvalue weighted by molar-refractivity contribution is 5.94. The monoisotopic (exact) mass is 468 g/mol. The fourth-order valence-electron chi connectivity index (χ4n) is 4.90. The summed E-state index contributed by atoms with van der Waals surface area (Å²) in [5.74, 6) is -0.366. The van der Waals surface area contributed by atoms with E-state index in [9.17, 15) is 14.7 Å². The number of carboxylic acids is 1. The van der Waals surface area contributed by atoms with Gasteiger partial charge in [0.25, 0.3) is 5.56 Å². The second kappa shape index (κ2) is 8.58. The molecule has 1 unspecified atom stereocenters. The molecular weight excluding hydrogens is 440 g/mol. The van der Waals surface area contributed by atoms with Gasteiger partial charge in [-0.15, -0.1) is 0 Å². The minimum Gasteiger partial charge on any atom is -0.478 e. The Kier molecular flexibility index (Phi) is 5.55. The summed E-state index contributed by atoms with van der Waals surface area (Å²) < 4.78 is 1.62. The predicted molar refractivity (Wildman–Crippen MR) is 138 cm³/mol. The highest BCUT2D eigenvalue weighted by Gasteiger charge is 2.24. The topological polar surface area (TPSA) is 87.5 Å². The molecule has 1 aliphatic rings. The van der Waals surface area contributed by atoms with Gasteiger partial charge in [0.1, 0.15) is 0 Å². The van der Waals surface area contributed by atoms with Crippen LogP contribution < -0.4 is 15.8 Å². The number of benzene rings is 3. The SMILES string of the molecule is Cc1ccc(C(=O)O)c(NC(C)c2cc(C)cc3c(=O)n(C)c(N4Cc5ccccc5C4)nc23)c1. The maximum absolute atomic E-state index is 13.5. The van der Waals surface area contributed by atoms with Crippen molar-refractivity contribution in [3.05, 3.63) is 98.3 Å². The van der Waals surface area contributed by atoms with Gasteiger partial charge >= 0.3 is 5.97 Å². The molecule has 0 aliphatic carbocycles. The summed E-state index contributed by atoms with van der Waals surface area (Å²) in [5, 5.41) is 13.6. The molecule has 1 aromatic heterocycles. The maximum atomic E-state index is 13.5. The number of fused-ring (bicyclic) bond motifs is 2. The fraction of sp³-hybridized carbons (Fsp3) is 0.250. The minimum absolute atomic E-state index is 0.0973. The van der Waals surface area contributed by atoms with E-state index in [0.29, 0.717) is 35.6 Å². The number of anilines is 2. The van der Waals surface area contributed by atoms with Gasteiger partial charge in [-0.2, -0.15) is 0 Å². The Morgan fingerprint density at radius 1 is 1.03 bits per heavy atom. The van der Waals surface area contributed by atoms with Crippen molar-refractivity contribution >= 4 is 28.5 Å². The van der Waals surface area contributed by atoms with E-state index in [0.717, 1.165) is 16.7 Å². The van der Waals surface area contributed by atoms with Crippen molar-refractivity contribution < 1.29 is 9.90 Å². The van der Waals surface area contributed by atoms with Crippen LogP contribution in [-0.4, -0.2) is 20.6 Å². The number of hydrogen-bond acceptors (Lipinski definition) is 5. The summed E-state index contributed by atoms with van der Waals surface area (Å²) in [6.45, 7) is 7.24. The molecule has 178 valence electrons. The van der Waals surface area contributed by atoms with Crippen molar-refractivity contribution in [3.8, 4) is 0 Å². The van der Waals surface area contributed by atoms with E-state index in [2.05, 4.69) is 22.3 Å². The molecule has 0 saturated carbocycles. The molecule has 0 bridgehead atoms. The number of carbonyl (C=O) groups is 1. The Labute approximate surface area is 203 Å². The normalized spacial score (nSPS) is 13.7. The zero-order valence-electron chi connectivity index (χ0n) is 20.3. The van der Waals surface area contributed by atoms with Gasteiger partial charge in [0.2, 0.25) is 5.95 Å². The van der Waals surface area contributed by atoms with Gasteiger partial charge in [-0.1, -0.05) is 36.4 Å². The Balaban J connectivity index is 1.61. The van der Waals surface area contributed by atoms with Gasteiger partial charge in [-0.25, -0.2) is 9.78 Å². The standard InChI is InChI=1S/C28H28N4O3/c1-16-9-10-21(27(34)35)24(13-16)29-18(3)22-11-17(2)12-23-25(22)30-28(31(4)26(23)33)32-14-19-7-5-6-8-20(19)15-32/h5-13,18,29H,14-15H2,1-4H3,(H,34,35). The molecule has 0 radical (unpaired) electrons. The zero-order chi connectivity index (χ0) is 24.9. The van der Waals surface area contributed by atoms with E-state index in [1.165, 1.54) is 11.1 Å². The lowest BCUT2D eigenvalue weighted by molar-refractivity contribution is 0.0698. The van der Waals surface area contributed by atoms with E-state index in [1.807, 2.05) is 51.1 Å². The van der Waals surface area contributed by atoms with E-state index in [-0.39, 0.29) is 17.2 Å². The third kappa shape index (κ3) is 4.03. The summed E-state index contributed by atoms with van der Waals surface area (Å²) in [6, 6.07) is 17.1. The summed E-state index contributed by atoms with van der Waals surface area (Å²) in [7, 11) is 1.77. The third-order valence-electron chi connectivity index (χ3n) is 6.70. The Hall–Kier alpha value is -4.13. The van der Waals surface area contributed by atoms with Crippen LogP contribution in [0.1, 0.15) is 51.1 Å². The van der Waals surface area contributed by atoms with Crippen molar-refractivity contribution in [2.24, 2.45) is 7.05 Å². The molecule has 2 N–H and O–H groups in total. The largest absolute Gasteiger partial charge is 0.478 e. The average Bonchev–Trinajstić information content (AvgIpc) is 3.25. The van der Waals surface area contributed by atoms with Crippen molar-refractivity contribution in [1.82, 2.24) is 9.55 Å². The molecule has 1 atom stereocenters. The molecule has 0 fully saturated rings. The predicted octanol–water partition coefficient (Wildman–Crippen LogP) is 4.94. The first kappa shape index (κ1) is 22.7. The van der Waals surface area contributed by atoms with E-state index in [1.54, 1.807) is 23.7 Å². The molecule has 2 heterocycles. The van der Waals surface area contributed by atoms with Crippen LogP contribution in [0.15, 0.2) is 59.4 Å². The second-order valence-corrected chi connectivity index (χ2v) is 9.37. The highest BCUT2D eigenvalue weighted by atomic mass is 16.4. The van der Waals surface area contributed by atoms with Crippen LogP contribution in [0.2, 0.25) is 0 Å². The van der Waals surface area contributed by atoms with E-state index >= 15 is 0 Å². The van der Waals surface area contributed by atoms with Gasteiger partial charge in [0.05, 0.1) is 22.5 Å². The van der Waals surface area contributed by atoms with Gasteiger partial charge in [0.15, 0.2) is 0 Å². The van der Waals surface area contributed by atoms with Crippen LogP contribution >= 0.6 is 0 Å². The number of nitrogens with zero attached hydrogens (tertiary/aromatic N) is 3. The molecule has 7 heteroatoms. The average molecular weight is 469 g/mol. The third-order valence-corrected chi connectivity index (χ3v) is 6.70. The lowest BCUT2D eigenvalue weighted by Crippen LogP contribution is -2.28. The summed E-state index contributed by atoms with van der Waals surface area (Å²) >= 11 is 0.